The monoisotopic (exact) mass is 307 g/mol. The first-order valence-electron chi connectivity index (χ1n) is 5.54. The second-order valence-electron chi connectivity index (χ2n) is 4.13. The Bertz CT molecular complexity index is 498. The maximum atomic E-state index is 12.2. The minimum absolute atomic E-state index is 0.0577. The third-order valence-corrected chi connectivity index (χ3v) is 2.51. The molecule has 1 rings (SSSR count). The van der Waals surface area contributed by atoms with Crippen LogP contribution in [0.3, 0.4) is 0 Å². The van der Waals surface area contributed by atoms with Crippen LogP contribution < -0.4 is 5.32 Å². The number of nitrogens with zero attached hydrogens (tertiary/aromatic N) is 2. The van der Waals surface area contributed by atoms with E-state index >= 15 is 0 Å². The lowest BCUT2D eigenvalue weighted by atomic mass is 10.3. The minimum atomic E-state index is -4.88. The Kier molecular flexibility index (Phi) is 5.38. The van der Waals surface area contributed by atoms with Gasteiger partial charge in [0.15, 0.2) is 0 Å². The first kappa shape index (κ1) is 16.3. The molecule has 0 atom stereocenters. The Morgan fingerprint density at radius 3 is 2.55 bits per heavy atom. The summed E-state index contributed by atoms with van der Waals surface area (Å²) in [5.74, 6) is -1.86. The summed E-state index contributed by atoms with van der Waals surface area (Å²) >= 11 is 5.62. The molecule has 0 unspecified atom stereocenters. The summed E-state index contributed by atoms with van der Waals surface area (Å²) in [4.78, 5) is 16.2. The number of carbonyl (C=O) groups is 1. The summed E-state index contributed by atoms with van der Waals surface area (Å²) in [5.41, 5.74) is 0.724. The van der Waals surface area contributed by atoms with Crippen LogP contribution in [0, 0.1) is 0 Å². The first-order valence-corrected chi connectivity index (χ1v) is 5.92. The predicted molar refractivity (Wildman–Crippen MR) is 68.9 cm³/mol. The number of alkyl halides is 3. The van der Waals surface area contributed by atoms with E-state index < -0.39 is 12.0 Å². The van der Waals surface area contributed by atoms with E-state index in [2.05, 4.69) is 10.3 Å². The summed E-state index contributed by atoms with van der Waals surface area (Å²) in [6.45, 7) is 0.222. The smallest absolute Gasteiger partial charge is 0.368 e. The van der Waals surface area contributed by atoms with Gasteiger partial charge in [0.05, 0.1) is 0 Å². The molecular weight excluding hydrogens is 295 g/mol. The van der Waals surface area contributed by atoms with E-state index in [0.717, 1.165) is 5.56 Å². The van der Waals surface area contributed by atoms with Crippen molar-refractivity contribution in [3.63, 3.8) is 0 Å². The third kappa shape index (κ3) is 5.08. The molecular formula is C12H13ClF3N3O. The highest BCUT2D eigenvalue weighted by Gasteiger charge is 2.37. The fraction of sp³-hybridized carbons (Fsp3) is 0.333. The van der Waals surface area contributed by atoms with Crippen molar-refractivity contribution in [2.45, 2.75) is 12.7 Å². The number of rotatable bonds is 5. The molecule has 1 aromatic heterocycles. The summed E-state index contributed by atoms with van der Waals surface area (Å²) in [6.07, 6.45) is -2.87. The molecule has 0 spiro atoms. The molecule has 0 amide bonds. The molecule has 0 aliphatic rings. The van der Waals surface area contributed by atoms with Crippen LogP contribution in [-0.4, -0.2) is 35.9 Å². The number of hydrogen-bond donors (Lipinski definition) is 1. The van der Waals surface area contributed by atoms with Crippen LogP contribution in [0.5, 0.6) is 0 Å². The highest BCUT2D eigenvalue weighted by molar-refractivity contribution is 6.29. The Labute approximate surface area is 119 Å². The average Bonchev–Trinajstić information content (AvgIpc) is 2.34. The van der Waals surface area contributed by atoms with E-state index in [1.165, 1.54) is 25.2 Å². The van der Waals surface area contributed by atoms with Gasteiger partial charge in [-0.3, -0.25) is 4.79 Å². The van der Waals surface area contributed by atoms with E-state index in [-0.39, 0.29) is 12.4 Å². The van der Waals surface area contributed by atoms with Crippen LogP contribution in [0.15, 0.2) is 30.2 Å². The molecule has 1 aromatic rings. The average molecular weight is 308 g/mol. The number of aromatic nitrogens is 1. The largest absolute Gasteiger partial charge is 0.454 e. The van der Waals surface area contributed by atoms with Gasteiger partial charge < -0.3 is 10.2 Å². The van der Waals surface area contributed by atoms with Crippen LogP contribution in [0.25, 0.3) is 0 Å². The summed E-state index contributed by atoms with van der Waals surface area (Å²) in [7, 11) is 3.06. The van der Waals surface area contributed by atoms with E-state index in [1.807, 2.05) is 0 Å². The van der Waals surface area contributed by atoms with Crippen LogP contribution in [-0.2, 0) is 11.3 Å². The number of halogens is 4. The van der Waals surface area contributed by atoms with Gasteiger partial charge in [0.2, 0.25) is 0 Å². The lowest BCUT2D eigenvalue weighted by molar-refractivity contribution is -0.165. The zero-order valence-electron chi connectivity index (χ0n) is 10.8. The van der Waals surface area contributed by atoms with Crippen molar-refractivity contribution in [2.75, 3.05) is 14.1 Å². The van der Waals surface area contributed by atoms with E-state index in [9.17, 15) is 18.0 Å². The lowest BCUT2D eigenvalue weighted by Crippen LogP contribution is -2.29. The lowest BCUT2D eigenvalue weighted by Gasteiger charge is -2.19. The zero-order chi connectivity index (χ0) is 15.3. The van der Waals surface area contributed by atoms with Gasteiger partial charge in [-0.25, -0.2) is 4.98 Å². The molecule has 110 valence electrons. The van der Waals surface area contributed by atoms with Gasteiger partial charge in [-0.2, -0.15) is 13.2 Å². The molecule has 0 radical (unpaired) electrons. The molecule has 1 heterocycles. The fourth-order valence-corrected chi connectivity index (χ4v) is 1.36. The highest BCUT2D eigenvalue weighted by atomic mass is 35.5. The molecule has 8 heteroatoms. The van der Waals surface area contributed by atoms with Gasteiger partial charge in [0.25, 0.3) is 5.78 Å². The number of nitrogens with one attached hydrogen (secondary N) is 1. The quantitative estimate of drug-likeness (QED) is 0.670. The molecule has 0 saturated heterocycles. The number of pyridine rings is 1. The molecule has 0 fully saturated rings. The normalized spacial score (nSPS) is 12.2. The van der Waals surface area contributed by atoms with Crippen LogP contribution in [0.4, 0.5) is 13.2 Å². The number of hydrogen-bond acceptors (Lipinski definition) is 4. The Morgan fingerprint density at radius 1 is 1.45 bits per heavy atom. The minimum Gasteiger partial charge on any atom is -0.368 e. The highest BCUT2D eigenvalue weighted by Crippen LogP contribution is 2.17. The fourth-order valence-electron chi connectivity index (χ4n) is 1.25. The van der Waals surface area contributed by atoms with Crippen LogP contribution in [0.2, 0.25) is 5.15 Å². The molecule has 0 aliphatic heterocycles. The Balaban J connectivity index is 2.76. The van der Waals surface area contributed by atoms with E-state index in [1.54, 1.807) is 12.1 Å². The second kappa shape index (κ2) is 6.60. The second-order valence-corrected chi connectivity index (χ2v) is 4.52. The van der Waals surface area contributed by atoms with Gasteiger partial charge in [-0.05, 0) is 11.6 Å². The van der Waals surface area contributed by atoms with Crippen molar-refractivity contribution in [1.29, 1.82) is 0 Å². The van der Waals surface area contributed by atoms with Gasteiger partial charge in [0, 0.05) is 32.9 Å². The predicted octanol–water partition coefficient (Wildman–Crippen LogP) is 2.36. The van der Waals surface area contributed by atoms with Gasteiger partial charge in [-0.1, -0.05) is 17.7 Å². The maximum absolute atomic E-state index is 12.2. The van der Waals surface area contributed by atoms with Crippen molar-refractivity contribution < 1.29 is 18.0 Å². The Morgan fingerprint density at radius 2 is 2.10 bits per heavy atom. The van der Waals surface area contributed by atoms with E-state index in [0.29, 0.717) is 11.2 Å². The molecule has 0 saturated carbocycles. The molecule has 0 bridgehead atoms. The van der Waals surface area contributed by atoms with Crippen LogP contribution >= 0.6 is 11.6 Å². The number of allylic oxidation sites excluding steroid dienone is 1. The summed E-state index contributed by atoms with van der Waals surface area (Å²) < 4.78 is 36.6. The van der Waals surface area contributed by atoms with Gasteiger partial charge in [-0.15, -0.1) is 0 Å². The van der Waals surface area contributed by atoms with Crippen LogP contribution in [0.1, 0.15) is 5.56 Å². The van der Waals surface area contributed by atoms with Gasteiger partial charge >= 0.3 is 6.18 Å². The van der Waals surface area contributed by atoms with Crippen molar-refractivity contribution in [1.82, 2.24) is 15.2 Å². The van der Waals surface area contributed by atoms with Crippen molar-refractivity contribution in [3.05, 3.63) is 40.9 Å². The number of ketones is 1. The Hall–Kier alpha value is -1.76. The standard InChI is InChI=1S/C12H13ClF3N3O/c1-19(2)11(5-9(20)12(14,15)16)18-7-8-3-4-10(13)17-6-8/h3-6,18H,7H2,1-2H3/b11-5-. The SMILES string of the molecule is CN(C)/C(=C\C(=O)C(F)(F)F)NCc1ccc(Cl)nc1. The molecule has 0 aromatic carbocycles. The van der Waals surface area contributed by atoms with Crippen molar-refractivity contribution in [2.24, 2.45) is 0 Å². The molecule has 1 N–H and O–H groups in total. The number of carbonyl (C=O) groups excluding carboxylic acids is 1. The zero-order valence-corrected chi connectivity index (χ0v) is 11.6. The van der Waals surface area contributed by atoms with Crippen molar-refractivity contribution >= 4 is 17.4 Å². The maximum Gasteiger partial charge on any atom is 0.454 e. The summed E-state index contributed by atoms with van der Waals surface area (Å²) in [6, 6.07) is 3.25. The summed E-state index contributed by atoms with van der Waals surface area (Å²) in [5, 5.41) is 3.06. The third-order valence-electron chi connectivity index (χ3n) is 2.29. The topological polar surface area (TPSA) is 45.2 Å². The molecule has 0 aliphatic carbocycles. The van der Waals surface area contributed by atoms with Crippen molar-refractivity contribution in [3.8, 4) is 0 Å². The molecule has 4 nitrogen and oxygen atoms in total. The first-order chi connectivity index (χ1) is 9.20. The molecule has 20 heavy (non-hydrogen) atoms. The van der Waals surface area contributed by atoms with Gasteiger partial charge in [0.1, 0.15) is 11.0 Å². The van der Waals surface area contributed by atoms with E-state index in [4.69, 9.17) is 11.6 Å².